The number of thiol groups is 1. The van der Waals surface area contributed by atoms with Crippen molar-refractivity contribution in [3.05, 3.63) is 0 Å². The van der Waals surface area contributed by atoms with Crippen molar-refractivity contribution in [2.24, 2.45) is 5.73 Å². The van der Waals surface area contributed by atoms with E-state index >= 15 is 0 Å². The molecule has 0 bridgehead atoms. The molecule has 0 radical (unpaired) electrons. The molecule has 0 aromatic carbocycles. The number of amides is 1. The summed E-state index contributed by atoms with van der Waals surface area (Å²) in [5.41, 5.74) is 4.91. The quantitative estimate of drug-likeness (QED) is 0.289. The van der Waals surface area contributed by atoms with Gasteiger partial charge in [-0.2, -0.15) is 11.4 Å². The molecule has 80 valence electrons. The summed E-state index contributed by atoms with van der Waals surface area (Å²) in [6, 6.07) is 0. The number of hydrogen-bond acceptors (Lipinski definition) is 2. The summed E-state index contributed by atoms with van der Waals surface area (Å²) in [6.07, 6.45) is 1.32. The van der Waals surface area contributed by atoms with Crippen LogP contribution < -0.4 is 11.1 Å². The summed E-state index contributed by atoms with van der Waals surface area (Å²) in [5, 5.41) is 2.80. The number of nitrogens with two attached hydrogens (primary N) is 1. The van der Waals surface area contributed by atoms with Crippen molar-refractivity contribution in [2.75, 3.05) is 6.26 Å². The SMILES string of the molecule is C[SH]=C(N)NC(=O)OC(C)(C)C.[BiH3]. The monoisotopic (exact) mass is 404 g/mol. The van der Waals surface area contributed by atoms with E-state index in [1.807, 2.05) is 6.26 Å². The Labute approximate surface area is 102 Å². The normalized spacial score (nSPS) is 12.2. The third kappa shape index (κ3) is 10.3. The molecule has 0 saturated carbocycles. The summed E-state index contributed by atoms with van der Waals surface area (Å²) in [7, 11) is 0. The average Bonchev–Trinajstić information content (AvgIpc) is 1.82. The molecule has 0 heterocycles. The minimum absolute atomic E-state index is 0. The molecule has 6 heteroatoms. The van der Waals surface area contributed by atoms with Crippen LogP contribution >= 0.6 is 11.4 Å². The molecule has 0 atom stereocenters. The second-order valence-electron chi connectivity index (χ2n) is 3.24. The van der Waals surface area contributed by atoms with Crippen molar-refractivity contribution in [1.29, 1.82) is 0 Å². The molecule has 0 saturated heterocycles. The summed E-state index contributed by atoms with van der Waals surface area (Å²) in [4.78, 5) is 11.0. The maximum absolute atomic E-state index is 11.0. The first-order valence-electron chi connectivity index (χ1n) is 3.57. The van der Waals surface area contributed by atoms with Crippen molar-refractivity contribution in [3.63, 3.8) is 0 Å². The van der Waals surface area contributed by atoms with Gasteiger partial charge in [0.1, 0.15) is 10.7 Å². The fraction of sp³-hybridized carbons (Fsp3) is 0.714. The van der Waals surface area contributed by atoms with Gasteiger partial charge in [0.2, 0.25) is 0 Å². The Balaban J connectivity index is 0. The second-order valence-corrected chi connectivity index (χ2v) is 4.16. The topological polar surface area (TPSA) is 64.3 Å². The van der Waals surface area contributed by atoms with Crippen LogP contribution in [0.4, 0.5) is 4.79 Å². The molecule has 0 aliphatic heterocycles. The van der Waals surface area contributed by atoms with E-state index in [2.05, 4.69) is 5.32 Å². The van der Waals surface area contributed by atoms with Crippen molar-refractivity contribution < 1.29 is 9.53 Å². The van der Waals surface area contributed by atoms with Gasteiger partial charge in [-0.3, -0.25) is 11.1 Å². The fourth-order valence-electron chi connectivity index (χ4n) is 0.464. The predicted octanol–water partition coefficient (Wildman–Crippen LogP) is -0.531. The zero-order valence-corrected chi connectivity index (χ0v) is 14.9. The molecule has 0 spiro atoms. The third-order valence-electron chi connectivity index (χ3n) is 0.870. The number of rotatable bonds is 0. The van der Waals surface area contributed by atoms with Crippen molar-refractivity contribution in [2.45, 2.75) is 26.4 Å². The van der Waals surface area contributed by atoms with Gasteiger partial charge < -0.3 is 4.74 Å². The second kappa shape index (κ2) is 6.74. The minimum atomic E-state index is -0.505. The van der Waals surface area contributed by atoms with E-state index in [1.165, 1.54) is 0 Å². The van der Waals surface area contributed by atoms with E-state index < -0.39 is 11.7 Å². The first kappa shape index (κ1) is 15.8. The van der Waals surface area contributed by atoms with E-state index in [0.29, 0.717) is 5.11 Å². The van der Waals surface area contributed by atoms with E-state index in [4.69, 9.17) is 10.5 Å². The van der Waals surface area contributed by atoms with Gasteiger partial charge in [-0.1, -0.05) is 0 Å². The van der Waals surface area contributed by atoms with Crippen molar-refractivity contribution >= 4 is 48.8 Å². The van der Waals surface area contributed by atoms with Gasteiger partial charge in [0, 0.05) is 0 Å². The van der Waals surface area contributed by atoms with Crippen molar-refractivity contribution in [3.8, 4) is 0 Å². The van der Waals surface area contributed by atoms with E-state index in [9.17, 15) is 4.79 Å². The Hall–Kier alpha value is 0.333. The van der Waals surface area contributed by atoms with Crippen LogP contribution in [-0.2, 0) is 4.74 Å². The molecule has 0 unspecified atom stereocenters. The van der Waals surface area contributed by atoms with E-state index in [-0.39, 0.29) is 26.2 Å². The van der Waals surface area contributed by atoms with E-state index in [1.54, 1.807) is 20.8 Å². The number of carbonyl (C=O) groups excluding carboxylic acids is 1. The summed E-state index contributed by atoms with van der Waals surface area (Å²) in [5.74, 6) is 0. The Kier molecular flexibility index (Phi) is 8.18. The molecule has 0 fully saturated rings. The molecule has 0 aliphatic carbocycles. The molecule has 0 aliphatic rings. The zero-order valence-electron chi connectivity index (χ0n) is 8.55. The van der Waals surface area contributed by atoms with Crippen LogP contribution in [0.15, 0.2) is 0 Å². The van der Waals surface area contributed by atoms with Crippen LogP contribution in [0, 0.1) is 0 Å². The molecule has 3 N–H and O–H groups in total. The summed E-state index contributed by atoms with van der Waals surface area (Å²) in [6.45, 7) is 5.39. The Morgan fingerprint density at radius 1 is 1.46 bits per heavy atom. The first-order chi connectivity index (χ1) is 5.35. The average molecular weight is 404 g/mol. The number of nitrogens with one attached hydrogen (secondary N) is 1. The standard InChI is InChI=1S/C7H16N2O2S.Bi.3H/c1-7(2,3)11-6(10)9-5(8)12-4;;;;/h12H,8H2,1-4H3,(H,9,10);;;;. The zero-order chi connectivity index (χ0) is 9.78. The number of ether oxygens (including phenoxy) is 1. The fourth-order valence-corrected chi connectivity index (χ4v) is 0.667. The summed E-state index contributed by atoms with van der Waals surface area (Å²) < 4.78 is 4.95. The Bertz CT molecular complexity index is 201. The summed E-state index contributed by atoms with van der Waals surface area (Å²) >= 11 is 0.827. The number of alkyl carbamates (subject to hydrolysis) is 1. The van der Waals surface area contributed by atoms with Crippen LogP contribution in [0.25, 0.3) is 0 Å². The molecule has 4 nitrogen and oxygen atoms in total. The van der Waals surface area contributed by atoms with Gasteiger partial charge in [-0.15, -0.1) is 0 Å². The molecular formula is C7H19BiN2O2S. The van der Waals surface area contributed by atoms with Gasteiger partial charge in [0.05, 0.1) is 0 Å². The molecule has 0 aromatic heterocycles. The van der Waals surface area contributed by atoms with Crippen LogP contribution in [0.3, 0.4) is 0 Å². The van der Waals surface area contributed by atoms with Gasteiger partial charge in [-0.25, -0.2) is 4.79 Å². The van der Waals surface area contributed by atoms with Crippen LogP contribution in [0.1, 0.15) is 20.8 Å². The van der Waals surface area contributed by atoms with E-state index in [0.717, 1.165) is 11.4 Å². The van der Waals surface area contributed by atoms with Gasteiger partial charge in [0.25, 0.3) is 0 Å². The van der Waals surface area contributed by atoms with Crippen LogP contribution in [0.2, 0.25) is 0 Å². The predicted molar refractivity (Wildman–Crippen MR) is 63.4 cm³/mol. The van der Waals surface area contributed by atoms with Crippen molar-refractivity contribution in [1.82, 2.24) is 5.32 Å². The van der Waals surface area contributed by atoms with Gasteiger partial charge in [-0.05, 0) is 27.0 Å². The molecule has 1 amide bonds. The molecular weight excluding hydrogens is 385 g/mol. The van der Waals surface area contributed by atoms with Gasteiger partial charge in [0.15, 0.2) is 0 Å². The first-order valence-corrected chi connectivity index (χ1v) is 4.91. The molecule has 0 rings (SSSR count). The molecule has 0 aromatic rings. The van der Waals surface area contributed by atoms with Crippen LogP contribution in [0.5, 0.6) is 0 Å². The van der Waals surface area contributed by atoms with Crippen LogP contribution in [-0.4, -0.2) is 49.3 Å². The molecule has 13 heavy (non-hydrogen) atoms. The Morgan fingerprint density at radius 3 is 2.23 bits per heavy atom. The number of carbonyl (C=O) groups is 1. The third-order valence-corrected chi connectivity index (χ3v) is 1.46. The maximum atomic E-state index is 11.0. The number of hydrogen-bond donors (Lipinski definition) is 3. The Morgan fingerprint density at radius 2 is 1.92 bits per heavy atom. The van der Waals surface area contributed by atoms with Gasteiger partial charge >= 0.3 is 32.3 Å².